The van der Waals surface area contributed by atoms with E-state index in [1.54, 1.807) is 0 Å². The number of benzene rings is 1. The van der Waals surface area contributed by atoms with E-state index < -0.39 is 41.7 Å². The Morgan fingerprint density at radius 2 is 2.04 bits per heavy atom. The monoisotopic (exact) mass is 382 g/mol. The van der Waals surface area contributed by atoms with Gasteiger partial charge in [-0.3, -0.25) is 9.79 Å². The Bertz CT molecular complexity index is 887. The zero-order chi connectivity index (χ0) is 19.6. The Kier molecular flexibility index (Phi) is 5.08. The normalized spacial score (nSPS) is 19.1. The molecule has 6 nitrogen and oxygen atoms in total. The molecule has 0 aliphatic carbocycles. The largest absolute Gasteiger partial charge is 0.386 e. The molecule has 0 bridgehead atoms. The summed E-state index contributed by atoms with van der Waals surface area (Å²) in [6.45, 7) is -1.27. The van der Waals surface area contributed by atoms with Crippen LogP contribution in [-0.4, -0.2) is 35.9 Å². The lowest BCUT2D eigenvalue weighted by Gasteiger charge is -2.22. The third kappa shape index (κ3) is 4.22. The molecular weight excluding hydrogens is 368 g/mol. The van der Waals surface area contributed by atoms with Crippen molar-refractivity contribution in [3.05, 3.63) is 59.4 Å². The summed E-state index contributed by atoms with van der Waals surface area (Å²) in [6.07, 6.45) is 0.856. The fourth-order valence-corrected chi connectivity index (χ4v) is 2.50. The highest BCUT2D eigenvalue weighted by Crippen LogP contribution is 2.38. The van der Waals surface area contributed by atoms with Crippen molar-refractivity contribution in [2.24, 2.45) is 10.7 Å². The molecule has 0 saturated carbocycles. The number of aromatic nitrogens is 1. The number of nitrogens with two attached hydrogens (primary N) is 1. The van der Waals surface area contributed by atoms with E-state index in [-0.39, 0.29) is 23.8 Å². The van der Waals surface area contributed by atoms with Gasteiger partial charge in [0.1, 0.15) is 42.4 Å². The first kappa shape index (κ1) is 18.8. The zero-order valence-electron chi connectivity index (χ0n) is 13.8. The van der Waals surface area contributed by atoms with Gasteiger partial charge in [0.25, 0.3) is 11.8 Å². The molecule has 1 atom stereocenters. The maximum atomic E-state index is 14.3. The summed E-state index contributed by atoms with van der Waals surface area (Å²) in [5, 5.41) is 2.39. The Morgan fingerprint density at radius 3 is 2.74 bits per heavy atom. The van der Waals surface area contributed by atoms with Crippen LogP contribution in [0.4, 0.5) is 23.2 Å². The lowest BCUT2D eigenvalue weighted by atomic mass is 10.00. The number of hydrogen-bond acceptors (Lipinski definition) is 5. The van der Waals surface area contributed by atoms with Gasteiger partial charge in [-0.05, 0) is 30.3 Å². The van der Waals surface area contributed by atoms with Crippen LogP contribution < -0.4 is 11.1 Å². The molecular formula is C17H14F4N4O2. The van der Waals surface area contributed by atoms with Crippen LogP contribution in [0.25, 0.3) is 0 Å². The number of amides is 1. The molecule has 0 unspecified atom stereocenters. The molecule has 1 aliphatic rings. The van der Waals surface area contributed by atoms with E-state index in [0.717, 1.165) is 30.5 Å². The van der Waals surface area contributed by atoms with Crippen LogP contribution in [0.3, 0.4) is 0 Å². The Balaban J connectivity index is 1.91. The predicted octanol–water partition coefficient (Wildman–Crippen LogP) is 2.68. The average Bonchev–Trinajstić information content (AvgIpc) is 2.74. The quantitative estimate of drug-likeness (QED) is 0.799. The third-order valence-electron chi connectivity index (χ3n) is 3.75. The summed E-state index contributed by atoms with van der Waals surface area (Å²) in [6, 6.07) is 3.45. The molecule has 0 fully saturated rings. The van der Waals surface area contributed by atoms with E-state index in [1.807, 2.05) is 0 Å². The Morgan fingerprint density at radius 1 is 1.26 bits per heavy atom. The first-order chi connectivity index (χ1) is 12.8. The number of pyridine rings is 1. The lowest BCUT2D eigenvalue weighted by Crippen LogP contribution is -2.30. The maximum Gasteiger partial charge on any atom is 0.297 e. The second-order valence-electron chi connectivity index (χ2n) is 5.83. The number of hydrogen-bond donors (Lipinski definition) is 2. The van der Waals surface area contributed by atoms with Gasteiger partial charge in [-0.25, -0.2) is 22.5 Å². The molecule has 0 saturated heterocycles. The number of anilines is 1. The number of nitrogens with one attached hydrogen (secondary N) is 1. The highest BCUT2D eigenvalue weighted by Gasteiger charge is 2.44. The number of carbonyl (C=O) groups is 1. The summed E-state index contributed by atoms with van der Waals surface area (Å²) in [7, 11) is 0. The van der Waals surface area contributed by atoms with Crippen molar-refractivity contribution in [1.29, 1.82) is 0 Å². The van der Waals surface area contributed by atoms with Crippen molar-refractivity contribution in [3.8, 4) is 0 Å². The van der Waals surface area contributed by atoms with Crippen LogP contribution in [0.1, 0.15) is 22.1 Å². The molecule has 1 aromatic carbocycles. The van der Waals surface area contributed by atoms with Gasteiger partial charge in [-0.1, -0.05) is 0 Å². The second kappa shape index (κ2) is 7.31. The molecule has 27 heavy (non-hydrogen) atoms. The molecule has 3 rings (SSSR count). The first-order valence-electron chi connectivity index (χ1n) is 7.76. The van der Waals surface area contributed by atoms with Crippen LogP contribution in [0.5, 0.6) is 0 Å². The topological polar surface area (TPSA) is 89.6 Å². The smallest absolute Gasteiger partial charge is 0.297 e. The van der Waals surface area contributed by atoms with E-state index in [1.165, 1.54) is 6.07 Å². The van der Waals surface area contributed by atoms with Gasteiger partial charge in [-0.15, -0.1) is 0 Å². The third-order valence-corrected chi connectivity index (χ3v) is 3.75. The van der Waals surface area contributed by atoms with E-state index in [9.17, 15) is 22.4 Å². The SMILES string of the molecule is NC1=N[C@H](c2cc(NC(=O)c3ccc(F)cn3)ccc2F)C(F)(F)COC1. The van der Waals surface area contributed by atoms with Crippen LogP contribution in [0.2, 0.25) is 0 Å². The number of amidine groups is 1. The van der Waals surface area contributed by atoms with E-state index >= 15 is 0 Å². The molecule has 1 aromatic heterocycles. The molecule has 3 N–H and O–H groups in total. The van der Waals surface area contributed by atoms with Crippen LogP contribution in [0, 0.1) is 11.6 Å². The minimum atomic E-state index is -3.50. The number of alkyl halides is 2. The number of rotatable bonds is 3. The first-order valence-corrected chi connectivity index (χ1v) is 7.76. The van der Waals surface area contributed by atoms with Crippen LogP contribution >= 0.6 is 0 Å². The fourth-order valence-electron chi connectivity index (χ4n) is 2.50. The summed E-state index contributed by atoms with van der Waals surface area (Å²) < 4.78 is 60.4. The Labute approximate surface area is 151 Å². The summed E-state index contributed by atoms with van der Waals surface area (Å²) in [5.74, 6) is -5.96. The summed E-state index contributed by atoms with van der Waals surface area (Å²) in [5.41, 5.74) is 5.00. The lowest BCUT2D eigenvalue weighted by molar-refractivity contribution is -0.0831. The van der Waals surface area contributed by atoms with Gasteiger partial charge in [0, 0.05) is 11.3 Å². The number of ether oxygens (including phenoxy) is 1. The maximum absolute atomic E-state index is 14.3. The minimum Gasteiger partial charge on any atom is -0.386 e. The van der Waals surface area contributed by atoms with E-state index in [0.29, 0.717) is 0 Å². The van der Waals surface area contributed by atoms with E-state index in [4.69, 9.17) is 10.5 Å². The number of halogens is 4. The molecule has 142 valence electrons. The van der Waals surface area contributed by atoms with Crippen molar-refractivity contribution in [1.82, 2.24) is 4.98 Å². The summed E-state index contributed by atoms with van der Waals surface area (Å²) in [4.78, 5) is 19.4. The molecule has 2 aromatic rings. The van der Waals surface area contributed by atoms with Crippen molar-refractivity contribution in [2.75, 3.05) is 18.5 Å². The zero-order valence-corrected chi connectivity index (χ0v) is 13.8. The van der Waals surface area contributed by atoms with Crippen molar-refractivity contribution in [3.63, 3.8) is 0 Å². The number of aliphatic imine (C=N–C) groups is 1. The molecule has 1 aliphatic heterocycles. The predicted molar refractivity (Wildman–Crippen MR) is 88.7 cm³/mol. The molecule has 0 radical (unpaired) electrons. The molecule has 10 heteroatoms. The fraction of sp³-hybridized carbons (Fsp3) is 0.235. The van der Waals surface area contributed by atoms with Crippen LogP contribution in [-0.2, 0) is 4.74 Å². The minimum absolute atomic E-state index is 0.0391. The van der Waals surface area contributed by atoms with Crippen molar-refractivity contribution < 1.29 is 27.1 Å². The summed E-state index contributed by atoms with van der Waals surface area (Å²) >= 11 is 0. The molecule has 0 spiro atoms. The van der Waals surface area contributed by atoms with Gasteiger partial charge in [0.15, 0.2) is 0 Å². The molecule has 1 amide bonds. The van der Waals surface area contributed by atoms with Crippen molar-refractivity contribution >= 4 is 17.4 Å². The average molecular weight is 382 g/mol. The van der Waals surface area contributed by atoms with Gasteiger partial charge in [0.2, 0.25) is 0 Å². The van der Waals surface area contributed by atoms with Gasteiger partial charge < -0.3 is 15.8 Å². The standard InChI is InChI=1S/C17H14F4N4O2/c18-9-1-4-13(23-6-9)16(26)24-10-2-3-12(19)11(5-10)15-17(20,21)8-27-7-14(22)25-15/h1-6,15H,7-8H2,(H2,22,25)(H,24,26)/t15-/m1/s1. The molecule has 2 heterocycles. The van der Waals surface area contributed by atoms with Gasteiger partial charge in [-0.2, -0.15) is 0 Å². The Hall–Kier alpha value is -3.01. The highest BCUT2D eigenvalue weighted by atomic mass is 19.3. The number of nitrogens with zero attached hydrogens (tertiary/aromatic N) is 2. The van der Waals surface area contributed by atoms with Crippen molar-refractivity contribution in [2.45, 2.75) is 12.0 Å². The van der Waals surface area contributed by atoms with E-state index in [2.05, 4.69) is 15.3 Å². The van der Waals surface area contributed by atoms with Gasteiger partial charge in [0.05, 0.1) is 6.20 Å². The highest BCUT2D eigenvalue weighted by molar-refractivity contribution is 6.02. The van der Waals surface area contributed by atoms with Crippen LogP contribution in [0.15, 0.2) is 41.5 Å². The second-order valence-corrected chi connectivity index (χ2v) is 5.83. The number of carbonyl (C=O) groups excluding carboxylic acids is 1. The van der Waals surface area contributed by atoms with Gasteiger partial charge >= 0.3 is 0 Å².